The summed E-state index contributed by atoms with van der Waals surface area (Å²) in [6.45, 7) is 3.15. The van der Waals surface area contributed by atoms with E-state index >= 15 is 0 Å². The van der Waals surface area contributed by atoms with Gasteiger partial charge < -0.3 is 10.1 Å². The molecule has 1 saturated carbocycles. The molecule has 0 aromatic carbocycles. The number of ether oxygens (including phenoxy) is 1. The van der Waals surface area contributed by atoms with Gasteiger partial charge in [-0.3, -0.25) is 0 Å². The molecule has 0 bridgehead atoms. The second kappa shape index (κ2) is 6.52. The Morgan fingerprint density at radius 3 is 2.79 bits per heavy atom. The number of methoxy groups -OCH3 is 1. The van der Waals surface area contributed by atoms with Gasteiger partial charge in [0.2, 0.25) is 10.0 Å². The second-order valence-electron chi connectivity index (χ2n) is 6.06. The molecule has 0 radical (unpaired) electrons. The van der Waals surface area contributed by atoms with E-state index in [1.807, 2.05) is 0 Å². The van der Waals surface area contributed by atoms with E-state index in [2.05, 4.69) is 10.0 Å². The van der Waals surface area contributed by atoms with Crippen molar-refractivity contribution in [3.63, 3.8) is 0 Å². The summed E-state index contributed by atoms with van der Waals surface area (Å²) >= 11 is 0. The molecule has 6 heteroatoms. The summed E-state index contributed by atoms with van der Waals surface area (Å²) in [5.74, 6) is 0.528. The summed E-state index contributed by atoms with van der Waals surface area (Å²) in [7, 11) is -1.44. The van der Waals surface area contributed by atoms with Gasteiger partial charge in [-0.1, -0.05) is 0 Å². The molecule has 2 N–H and O–H groups in total. The van der Waals surface area contributed by atoms with Crippen LogP contribution in [0.1, 0.15) is 32.1 Å². The first-order valence-electron chi connectivity index (χ1n) is 7.22. The van der Waals surface area contributed by atoms with E-state index in [0.29, 0.717) is 13.2 Å². The lowest BCUT2D eigenvalue weighted by Gasteiger charge is -2.23. The molecular weight excluding hydrogens is 264 g/mol. The lowest BCUT2D eigenvalue weighted by atomic mass is 10.0. The maximum Gasteiger partial charge on any atom is 0.211 e. The SMILES string of the molecule is COCCC1(CNS(=O)(=O)CC2CCCNC2)CC1. The molecule has 0 aromatic heterocycles. The minimum absolute atomic E-state index is 0.174. The third-order valence-electron chi connectivity index (χ3n) is 4.31. The molecule has 1 aliphatic carbocycles. The predicted molar refractivity (Wildman–Crippen MR) is 75.5 cm³/mol. The van der Waals surface area contributed by atoms with Gasteiger partial charge in [-0.2, -0.15) is 0 Å². The molecule has 0 amide bonds. The van der Waals surface area contributed by atoms with Crippen LogP contribution in [0.15, 0.2) is 0 Å². The predicted octanol–water partition coefficient (Wildman–Crippen LogP) is 0.722. The molecule has 0 aromatic rings. The standard InChI is InChI=1S/C13H26N2O3S/c1-18-8-6-13(4-5-13)11-15-19(16,17)10-12-3-2-7-14-9-12/h12,14-15H,2-11H2,1H3. The second-order valence-corrected chi connectivity index (χ2v) is 7.91. The van der Waals surface area contributed by atoms with Crippen molar-refractivity contribution in [2.75, 3.05) is 39.1 Å². The van der Waals surface area contributed by atoms with Crippen molar-refractivity contribution >= 4 is 10.0 Å². The van der Waals surface area contributed by atoms with Crippen molar-refractivity contribution in [3.05, 3.63) is 0 Å². The van der Waals surface area contributed by atoms with Crippen LogP contribution in [-0.4, -0.2) is 47.5 Å². The van der Waals surface area contributed by atoms with Crippen LogP contribution in [0.4, 0.5) is 0 Å². The van der Waals surface area contributed by atoms with Gasteiger partial charge in [-0.25, -0.2) is 13.1 Å². The highest BCUT2D eigenvalue weighted by atomic mass is 32.2. The third-order valence-corrected chi connectivity index (χ3v) is 5.81. The first kappa shape index (κ1) is 15.2. The molecule has 1 unspecified atom stereocenters. The summed E-state index contributed by atoms with van der Waals surface area (Å²) < 4.78 is 32.0. The lowest BCUT2D eigenvalue weighted by molar-refractivity contribution is 0.173. The zero-order valence-corrected chi connectivity index (χ0v) is 12.6. The van der Waals surface area contributed by atoms with Crippen LogP contribution < -0.4 is 10.0 Å². The molecule has 0 spiro atoms. The van der Waals surface area contributed by atoms with Gasteiger partial charge in [-0.15, -0.1) is 0 Å². The summed E-state index contributed by atoms with van der Waals surface area (Å²) in [6, 6.07) is 0. The van der Waals surface area contributed by atoms with Crippen LogP contribution in [0.25, 0.3) is 0 Å². The highest BCUT2D eigenvalue weighted by molar-refractivity contribution is 7.89. The fourth-order valence-corrected chi connectivity index (χ4v) is 4.26. The van der Waals surface area contributed by atoms with E-state index in [1.165, 1.54) is 0 Å². The van der Waals surface area contributed by atoms with Gasteiger partial charge in [0, 0.05) is 20.3 Å². The van der Waals surface area contributed by atoms with E-state index in [1.54, 1.807) is 7.11 Å². The van der Waals surface area contributed by atoms with Gasteiger partial charge in [-0.05, 0) is 56.5 Å². The highest BCUT2D eigenvalue weighted by Gasteiger charge is 2.42. The Hall–Kier alpha value is -0.170. The summed E-state index contributed by atoms with van der Waals surface area (Å²) in [5, 5.41) is 3.26. The van der Waals surface area contributed by atoms with Gasteiger partial charge in [0.25, 0.3) is 0 Å². The Morgan fingerprint density at radius 1 is 1.42 bits per heavy atom. The Balaban J connectivity index is 1.74. The molecular formula is C13H26N2O3S. The number of hydrogen-bond donors (Lipinski definition) is 2. The Labute approximate surface area is 116 Å². The summed E-state index contributed by atoms with van der Waals surface area (Å²) in [5.41, 5.74) is 0.174. The Bertz CT molecular complexity index is 373. The van der Waals surface area contributed by atoms with E-state index in [0.717, 1.165) is 45.2 Å². The molecule has 2 rings (SSSR count). The first-order valence-corrected chi connectivity index (χ1v) is 8.87. The number of piperidine rings is 1. The van der Waals surface area contributed by atoms with E-state index in [4.69, 9.17) is 4.74 Å². The number of hydrogen-bond acceptors (Lipinski definition) is 4. The number of nitrogens with one attached hydrogen (secondary N) is 2. The summed E-state index contributed by atoms with van der Waals surface area (Å²) in [6.07, 6.45) is 5.28. The zero-order chi connectivity index (χ0) is 13.8. The van der Waals surface area contributed by atoms with Crippen LogP contribution in [0, 0.1) is 11.3 Å². The fourth-order valence-electron chi connectivity index (χ4n) is 2.71. The fraction of sp³-hybridized carbons (Fsp3) is 1.00. The monoisotopic (exact) mass is 290 g/mol. The molecule has 5 nitrogen and oxygen atoms in total. The van der Waals surface area contributed by atoms with Crippen molar-refractivity contribution in [3.8, 4) is 0 Å². The molecule has 2 aliphatic rings. The highest BCUT2D eigenvalue weighted by Crippen LogP contribution is 2.48. The quantitative estimate of drug-likeness (QED) is 0.691. The van der Waals surface area contributed by atoms with E-state index in [9.17, 15) is 8.42 Å². The van der Waals surface area contributed by atoms with Crippen LogP contribution in [0.5, 0.6) is 0 Å². The Kier molecular flexibility index (Phi) is 5.22. The minimum atomic E-state index is -3.13. The third kappa shape index (κ3) is 5.02. The van der Waals surface area contributed by atoms with Crippen molar-refractivity contribution in [1.82, 2.24) is 10.0 Å². The molecule has 1 heterocycles. The minimum Gasteiger partial charge on any atom is -0.385 e. The van der Waals surface area contributed by atoms with Gasteiger partial charge in [0.05, 0.1) is 5.75 Å². The van der Waals surface area contributed by atoms with E-state index in [-0.39, 0.29) is 17.1 Å². The van der Waals surface area contributed by atoms with Crippen molar-refractivity contribution in [2.24, 2.45) is 11.3 Å². The average molecular weight is 290 g/mol. The summed E-state index contributed by atoms with van der Waals surface area (Å²) in [4.78, 5) is 0. The zero-order valence-electron chi connectivity index (χ0n) is 11.8. The van der Waals surface area contributed by atoms with Crippen molar-refractivity contribution in [2.45, 2.75) is 32.1 Å². The normalized spacial score (nSPS) is 26.3. The van der Waals surface area contributed by atoms with Gasteiger partial charge in [0.1, 0.15) is 0 Å². The van der Waals surface area contributed by atoms with Crippen LogP contribution in [0.2, 0.25) is 0 Å². The van der Waals surface area contributed by atoms with Crippen molar-refractivity contribution in [1.29, 1.82) is 0 Å². The molecule has 1 aliphatic heterocycles. The van der Waals surface area contributed by atoms with E-state index < -0.39 is 10.0 Å². The molecule has 112 valence electrons. The van der Waals surface area contributed by atoms with Gasteiger partial charge >= 0.3 is 0 Å². The van der Waals surface area contributed by atoms with Crippen LogP contribution in [0.3, 0.4) is 0 Å². The van der Waals surface area contributed by atoms with Crippen LogP contribution >= 0.6 is 0 Å². The molecule has 1 atom stereocenters. The lowest BCUT2D eigenvalue weighted by Crippen LogP contribution is -2.39. The maximum atomic E-state index is 12.1. The number of rotatable bonds is 8. The van der Waals surface area contributed by atoms with Gasteiger partial charge in [0.15, 0.2) is 0 Å². The topological polar surface area (TPSA) is 67.4 Å². The maximum absolute atomic E-state index is 12.1. The largest absolute Gasteiger partial charge is 0.385 e. The Morgan fingerprint density at radius 2 is 2.21 bits per heavy atom. The van der Waals surface area contributed by atoms with Crippen LogP contribution in [-0.2, 0) is 14.8 Å². The molecule has 19 heavy (non-hydrogen) atoms. The van der Waals surface area contributed by atoms with Crippen molar-refractivity contribution < 1.29 is 13.2 Å². The number of sulfonamides is 1. The average Bonchev–Trinajstić information content (AvgIpc) is 3.16. The molecule has 2 fully saturated rings. The first-order chi connectivity index (χ1) is 9.05. The molecule has 1 saturated heterocycles. The smallest absolute Gasteiger partial charge is 0.211 e.